The van der Waals surface area contributed by atoms with Gasteiger partial charge in [0.1, 0.15) is 6.54 Å². The van der Waals surface area contributed by atoms with Gasteiger partial charge in [-0.05, 0) is 20.8 Å². The number of hydrogen-bond donors (Lipinski definition) is 1. The largest absolute Gasteiger partial charge is 0.569 e. The fourth-order valence-corrected chi connectivity index (χ4v) is 0.832. The molecule has 1 N–H and O–H groups in total. The molecule has 0 heterocycles. The van der Waals surface area contributed by atoms with Gasteiger partial charge in [-0.15, -0.1) is 5.01 Å². The maximum absolute atomic E-state index is 11.3. The zero-order valence-corrected chi connectivity index (χ0v) is 9.31. The van der Waals surface area contributed by atoms with Crippen molar-refractivity contribution in [1.82, 2.24) is 5.01 Å². The van der Waals surface area contributed by atoms with Crippen molar-refractivity contribution in [2.75, 3.05) is 13.2 Å². The summed E-state index contributed by atoms with van der Waals surface area (Å²) < 4.78 is 0. The maximum Gasteiger partial charge on any atom is 0.234 e. The minimum atomic E-state index is -0.658. The Bertz CT molecular complexity index is 187. The van der Waals surface area contributed by atoms with Gasteiger partial charge in [0.2, 0.25) is 10.8 Å². The van der Waals surface area contributed by atoms with E-state index in [9.17, 15) is 5.21 Å². The topological polar surface area (TPSA) is 71.1 Å². The SMILES string of the molecule is CC(Cl)O/N=[N+](\[O-])N(CCO)C(C)C. The van der Waals surface area contributed by atoms with Crippen molar-refractivity contribution in [3.05, 3.63) is 5.21 Å². The highest BCUT2D eigenvalue weighted by atomic mass is 35.5. The number of nitrogens with zero attached hydrogens (tertiary/aromatic N) is 3. The third-order valence-corrected chi connectivity index (χ3v) is 1.49. The summed E-state index contributed by atoms with van der Waals surface area (Å²) in [6.07, 6.45) is 0. The van der Waals surface area contributed by atoms with E-state index in [1.54, 1.807) is 20.8 Å². The molecule has 0 aliphatic rings. The smallest absolute Gasteiger partial charge is 0.234 e. The molecule has 0 fully saturated rings. The number of alkyl halides is 1. The lowest BCUT2D eigenvalue weighted by atomic mass is 10.4. The second-order valence-electron chi connectivity index (χ2n) is 2.96. The van der Waals surface area contributed by atoms with Gasteiger partial charge in [-0.3, -0.25) is 0 Å². The van der Waals surface area contributed by atoms with Crippen LogP contribution in [0.15, 0.2) is 5.28 Å². The van der Waals surface area contributed by atoms with Gasteiger partial charge in [-0.2, -0.15) is 0 Å². The molecule has 0 bridgehead atoms. The van der Waals surface area contributed by atoms with Crippen molar-refractivity contribution in [3.8, 4) is 0 Å². The van der Waals surface area contributed by atoms with E-state index in [0.717, 1.165) is 0 Å². The van der Waals surface area contributed by atoms with Gasteiger partial charge in [0, 0.05) is 0 Å². The van der Waals surface area contributed by atoms with Gasteiger partial charge in [-0.25, -0.2) is 0 Å². The van der Waals surface area contributed by atoms with Gasteiger partial charge < -0.3 is 15.2 Å². The first-order valence-corrected chi connectivity index (χ1v) is 4.78. The van der Waals surface area contributed by atoms with Crippen molar-refractivity contribution in [2.24, 2.45) is 5.28 Å². The third kappa shape index (κ3) is 5.08. The predicted octanol–water partition coefficient (Wildman–Crippen LogP) is 1.08. The Kier molecular flexibility index (Phi) is 6.31. The molecule has 84 valence electrons. The van der Waals surface area contributed by atoms with Crippen LogP contribution in [0.3, 0.4) is 0 Å². The Hall–Kier alpha value is -0.750. The first kappa shape index (κ1) is 13.2. The molecule has 7 heteroatoms. The molecule has 0 saturated heterocycles. The minimum Gasteiger partial charge on any atom is -0.569 e. The van der Waals surface area contributed by atoms with Crippen LogP contribution in [0, 0.1) is 5.21 Å². The van der Waals surface area contributed by atoms with Crippen LogP contribution in [-0.2, 0) is 4.84 Å². The molecule has 1 unspecified atom stereocenters. The summed E-state index contributed by atoms with van der Waals surface area (Å²) in [6, 6.07) is -0.0716. The molecule has 0 amide bonds. The molecule has 0 aliphatic carbocycles. The second kappa shape index (κ2) is 6.67. The fraction of sp³-hybridized carbons (Fsp3) is 1.00. The Balaban J connectivity index is 4.26. The Morgan fingerprint density at radius 2 is 2.14 bits per heavy atom. The third-order valence-electron chi connectivity index (χ3n) is 1.41. The normalized spacial score (nSPS) is 14.3. The number of hydrogen-bond acceptors (Lipinski definition) is 4. The van der Waals surface area contributed by atoms with Crippen LogP contribution < -0.4 is 0 Å². The molecule has 14 heavy (non-hydrogen) atoms. The number of hydrazine groups is 1. The van der Waals surface area contributed by atoms with E-state index < -0.39 is 5.56 Å². The van der Waals surface area contributed by atoms with E-state index in [0.29, 0.717) is 4.97 Å². The molecule has 6 nitrogen and oxygen atoms in total. The summed E-state index contributed by atoms with van der Waals surface area (Å²) in [6.45, 7) is 5.23. The zero-order valence-electron chi connectivity index (χ0n) is 8.55. The molecule has 0 rings (SSSR count). The van der Waals surface area contributed by atoms with Gasteiger partial charge >= 0.3 is 0 Å². The summed E-state index contributed by atoms with van der Waals surface area (Å²) in [7, 11) is 0. The number of aliphatic hydroxyl groups is 1. The minimum absolute atomic E-state index is 0.0716. The van der Waals surface area contributed by atoms with Crippen molar-refractivity contribution in [1.29, 1.82) is 0 Å². The summed E-state index contributed by atoms with van der Waals surface area (Å²) in [4.78, 5) is 4.85. The first-order valence-electron chi connectivity index (χ1n) is 4.34. The van der Waals surface area contributed by atoms with Gasteiger partial charge in [0.25, 0.3) is 0 Å². The molecular formula is C7H16ClN3O3. The standard InChI is InChI=1S/C7H16ClN3O3/c1-6(2)10(4-5-12)11(13)9-14-7(3)8/h6-7,12H,4-5H2,1-3H3/b11-9-. The van der Waals surface area contributed by atoms with Crippen LogP contribution in [0.25, 0.3) is 0 Å². The highest BCUT2D eigenvalue weighted by Crippen LogP contribution is 2.01. The number of rotatable bonds is 6. The Morgan fingerprint density at radius 3 is 2.50 bits per heavy atom. The van der Waals surface area contributed by atoms with Gasteiger partial charge in [0.15, 0.2) is 0 Å². The van der Waals surface area contributed by atoms with Crippen molar-refractivity contribution in [2.45, 2.75) is 32.4 Å². The quantitative estimate of drug-likeness (QED) is 0.318. The molecule has 0 saturated carbocycles. The number of halogens is 1. The highest BCUT2D eigenvalue weighted by Gasteiger charge is 2.16. The summed E-state index contributed by atoms with van der Waals surface area (Å²) in [5.74, 6) is 0. The van der Waals surface area contributed by atoms with E-state index in [4.69, 9.17) is 16.7 Å². The average Bonchev–Trinajstić information content (AvgIpc) is 2.09. The molecule has 0 radical (unpaired) electrons. The zero-order chi connectivity index (χ0) is 11.1. The van der Waals surface area contributed by atoms with Crippen LogP contribution in [0.4, 0.5) is 0 Å². The predicted molar refractivity (Wildman–Crippen MR) is 51.4 cm³/mol. The van der Waals surface area contributed by atoms with Crippen molar-refractivity contribution >= 4 is 11.6 Å². The van der Waals surface area contributed by atoms with Crippen LogP contribution in [-0.4, -0.2) is 39.8 Å². The van der Waals surface area contributed by atoms with Crippen LogP contribution in [0.2, 0.25) is 0 Å². The van der Waals surface area contributed by atoms with Crippen molar-refractivity contribution < 1.29 is 14.9 Å². The van der Waals surface area contributed by atoms with E-state index in [1.807, 2.05) is 0 Å². The van der Waals surface area contributed by atoms with Crippen LogP contribution in [0.1, 0.15) is 20.8 Å². The van der Waals surface area contributed by atoms with E-state index in [1.165, 1.54) is 5.01 Å². The molecule has 0 spiro atoms. The van der Waals surface area contributed by atoms with E-state index in [2.05, 4.69) is 10.1 Å². The monoisotopic (exact) mass is 225 g/mol. The first-order chi connectivity index (χ1) is 6.49. The highest BCUT2D eigenvalue weighted by molar-refractivity contribution is 6.19. The average molecular weight is 226 g/mol. The second-order valence-corrected chi connectivity index (χ2v) is 3.58. The Labute approximate surface area is 88.2 Å². The van der Waals surface area contributed by atoms with Crippen LogP contribution >= 0.6 is 11.6 Å². The van der Waals surface area contributed by atoms with Gasteiger partial charge in [0.05, 0.1) is 17.6 Å². The fourth-order valence-electron chi connectivity index (χ4n) is 0.796. The van der Waals surface area contributed by atoms with Crippen molar-refractivity contribution in [3.63, 3.8) is 0 Å². The van der Waals surface area contributed by atoms with Gasteiger partial charge in [-0.1, -0.05) is 11.6 Å². The maximum atomic E-state index is 11.3. The lowest BCUT2D eigenvalue weighted by molar-refractivity contribution is -0.717. The number of aliphatic hydroxyl groups excluding tert-OH is 1. The summed E-state index contributed by atoms with van der Waals surface area (Å²) in [5.41, 5.74) is -0.658. The van der Waals surface area contributed by atoms with Crippen LogP contribution in [0.5, 0.6) is 0 Å². The van der Waals surface area contributed by atoms with E-state index >= 15 is 0 Å². The molecular weight excluding hydrogens is 210 g/mol. The van der Waals surface area contributed by atoms with E-state index in [-0.39, 0.29) is 19.2 Å². The summed E-state index contributed by atoms with van der Waals surface area (Å²) in [5, 5.41) is 24.5. The molecule has 1 atom stereocenters. The summed E-state index contributed by atoms with van der Waals surface area (Å²) >= 11 is 5.43. The lowest BCUT2D eigenvalue weighted by Crippen LogP contribution is -2.39. The Morgan fingerprint density at radius 1 is 1.57 bits per heavy atom. The molecule has 0 aromatic carbocycles. The molecule has 0 aliphatic heterocycles. The lowest BCUT2D eigenvalue weighted by Gasteiger charge is -2.20. The molecule has 0 aromatic rings. The molecule has 0 aromatic heterocycles.